The second-order valence-electron chi connectivity index (χ2n) is 5.27. The van der Waals surface area contributed by atoms with Crippen LogP contribution in [0.3, 0.4) is 0 Å². The Kier molecular flexibility index (Phi) is 5.32. The molecule has 1 saturated heterocycles. The lowest BCUT2D eigenvalue weighted by molar-refractivity contribution is 0.310. The monoisotopic (exact) mass is 327 g/mol. The first-order valence-electron chi connectivity index (χ1n) is 7.00. The van der Waals surface area contributed by atoms with Crippen molar-refractivity contribution >= 4 is 27.2 Å². The summed E-state index contributed by atoms with van der Waals surface area (Å²) in [5.41, 5.74) is 6.13. The van der Waals surface area contributed by atoms with Crippen molar-refractivity contribution in [3.05, 3.63) is 29.8 Å². The van der Waals surface area contributed by atoms with Crippen molar-refractivity contribution in [2.24, 2.45) is 5.73 Å². The number of nitrogens with zero attached hydrogens (tertiary/aromatic N) is 2. The highest BCUT2D eigenvalue weighted by molar-refractivity contribution is 7.89. The van der Waals surface area contributed by atoms with Crippen LogP contribution in [0.5, 0.6) is 0 Å². The molecule has 0 amide bonds. The lowest BCUT2D eigenvalue weighted by Crippen LogP contribution is -2.35. The summed E-state index contributed by atoms with van der Waals surface area (Å²) in [6, 6.07) is 6.48. The molecule has 0 bridgehead atoms. The van der Waals surface area contributed by atoms with Gasteiger partial charge < -0.3 is 10.6 Å². The van der Waals surface area contributed by atoms with Crippen LogP contribution < -0.4 is 5.73 Å². The third kappa shape index (κ3) is 4.00. The van der Waals surface area contributed by atoms with Gasteiger partial charge in [-0.15, -0.1) is 0 Å². The molecule has 0 radical (unpaired) electrons. The molecule has 5 nitrogen and oxygen atoms in total. The van der Waals surface area contributed by atoms with Gasteiger partial charge in [0.05, 0.1) is 4.90 Å². The molecule has 1 aromatic carbocycles. The first-order valence-corrected chi connectivity index (χ1v) is 8.84. The summed E-state index contributed by atoms with van der Waals surface area (Å²) >= 11 is 4.90. The summed E-state index contributed by atoms with van der Waals surface area (Å²) in [4.78, 5) is 2.72. The zero-order valence-corrected chi connectivity index (χ0v) is 13.8. The fraction of sp³-hybridized carbons (Fsp3) is 0.500. The number of thiocarbonyl (C=S) groups is 1. The summed E-state index contributed by atoms with van der Waals surface area (Å²) in [5, 5.41) is 0. The third-order valence-corrected chi connectivity index (χ3v) is 5.85. The van der Waals surface area contributed by atoms with Crippen molar-refractivity contribution in [1.82, 2.24) is 9.21 Å². The summed E-state index contributed by atoms with van der Waals surface area (Å²) < 4.78 is 26.5. The normalized spacial score (nSPS) is 16.5. The molecule has 1 aliphatic heterocycles. The van der Waals surface area contributed by atoms with E-state index in [0.717, 1.165) is 19.6 Å². The number of sulfonamides is 1. The van der Waals surface area contributed by atoms with E-state index < -0.39 is 10.0 Å². The van der Waals surface area contributed by atoms with Crippen LogP contribution in [0, 0.1) is 0 Å². The first-order chi connectivity index (χ1) is 9.91. The van der Waals surface area contributed by atoms with Gasteiger partial charge in [0.2, 0.25) is 10.0 Å². The Hall–Kier alpha value is -1.02. The van der Waals surface area contributed by atoms with E-state index in [4.69, 9.17) is 18.0 Å². The minimum atomic E-state index is -3.50. The van der Waals surface area contributed by atoms with Gasteiger partial charge >= 0.3 is 0 Å². The molecule has 1 heterocycles. The van der Waals surface area contributed by atoms with Gasteiger partial charge in [-0.25, -0.2) is 8.42 Å². The van der Waals surface area contributed by atoms with E-state index in [2.05, 4.69) is 4.90 Å². The van der Waals surface area contributed by atoms with Crippen molar-refractivity contribution in [3.8, 4) is 0 Å². The summed E-state index contributed by atoms with van der Waals surface area (Å²) in [6.45, 7) is 3.37. The van der Waals surface area contributed by atoms with E-state index >= 15 is 0 Å². The Balaban J connectivity index is 2.08. The zero-order valence-electron chi connectivity index (χ0n) is 12.2. The molecule has 21 heavy (non-hydrogen) atoms. The van der Waals surface area contributed by atoms with Gasteiger partial charge in [-0.3, -0.25) is 0 Å². The summed E-state index contributed by atoms with van der Waals surface area (Å²) in [6.07, 6.45) is 2.40. The van der Waals surface area contributed by atoms with Crippen molar-refractivity contribution in [2.75, 3.05) is 33.2 Å². The quantitative estimate of drug-likeness (QED) is 0.791. The van der Waals surface area contributed by atoms with E-state index in [1.165, 1.54) is 23.2 Å². The van der Waals surface area contributed by atoms with Crippen molar-refractivity contribution in [2.45, 2.75) is 17.7 Å². The highest BCUT2D eigenvalue weighted by atomic mass is 32.2. The van der Waals surface area contributed by atoms with E-state index in [-0.39, 0.29) is 9.88 Å². The maximum absolute atomic E-state index is 12.5. The molecule has 1 aliphatic rings. The second-order valence-corrected chi connectivity index (χ2v) is 7.75. The molecule has 0 saturated carbocycles. The van der Waals surface area contributed by atoms with Gasteiger partial charge in [0.25, 0.3) is 0 Å². The first kappa shape index (κ1) is 16.4. The lowest BCUT2D eigenvalue weighted by atomic mass is 10.2. The molecule has 1 aromatic rings. The number of benzene rings is 1. The van der Waals surface area contributed by atoms with Gasteiger partial charge in [-0.1, -0.05) is 24.4 Å². The predicted molar refractivity (Wildman–Crippen MR) is 87.8 cm³/mol. The molecule has 0 aromatic heterocycles. The fourth-order valence-corrected chi connectivity index (χ4v) is 3.73. The Labute approximate surface area is 131 Å². The van der Waals surface area contributed by atoms with Gasteiger partial charge in [-0.2, -0.15) is 4.31 Å². The lowest BCUT2D eigenvalue weighted by Gasteiger charge is -2.21. The average molecular weight is 327 g/mol. The fourth-order valence-electron chi connectivity index (χ4n) is 2.40. The van der Waals surface area contributed by atoms with Crippen LogP contribution in [-0.4, -0.2) is 55.8 Å². The Morgan fingerprint density at radius 3 is 2.67 bits per heavy atom. The predicted octanol–water partition coefficient (Wildman–Crippen LogP) is 1.04. The van der Waals surface area contributed by atoms with Gasteiger partial charge in [0.1, 0.15) is 4.99 Å². The van der Waals surface area contributed by atoms with Gasteiger partial charge in [0.15, 0.2) is 0 Å². The molecular formula is C14H21N3O2S2. The minimum Gasteiger partial charge on any atom is -0.389 e. The smallest absolute Gasteiger partial charge is 0.242 e. The number of likely N-dealkylation sites (tertiary alicyclic amines) is 1. The van der Waals surface area contributed by atoms with E-state index in [1.54, 1.807) is 25.2 Å². The van der Waals surface area contributed by atoms with Crippen molar-refractivity contribution < 1.29 is 8.42 Å². The van der Waals surface area contributed by atoms with Crippen LogP contribution in [0.4, 0.5) is 0 Å². The van der Waals surface area contributed by atoms with E-state index in [1.807, 2.05) is 0 Å². The van der Waals surface area contributed by atoms with Crippen LogP contribution in [-0.2, 0) is 10.0 Å². The van der Waals surface area contributed by atoms with E-state index in [0.29, 0.717) is 12.1 Å². The molecule has 2 N–H and O–H groups in total. The largest absolute Gasteiger partial charge is 0.389 e. The topological polar surface area (TPSA) is 66.6 Å². The maximum Gasteiger partial charge on any atom is 0.242 e. The number of likely N-dealkylation sites (N-methyl/N-ethyl adjacent to an activating group) is 1. The number of rotatable bonds is 6. The van der Waals surface area contributed by atoms with Crippen LogP contribution >= 0.6 is 12.2 Å². The Bertz CT molecular complexity index is 610. The van der Waals surface area contributed by atoms with E-state index in [9.17, 15) is 8.42 Å². The molecule has 7 heteroatoms. The summed E-state index contributed by atoms with van der Waals surface area (Å²) in [7, 11) is -1.89. The molecule has 1 fully saturated rings. The molecule has 116 valence electrons. The molecule has 2 rings (SSSR count). The highest BCUT2D eigenvalue weighted by Gasteiger charge is 2.22. The number of nitrogens with two attached hydrogens (primary N) is 1. The average Bonchev–Trinajstić information content (AvgIpc) is 2.98. The summed E-state index contributed by atoms with van der Waals surface area (Å²) in [5.74, 6) is 0. The molecular weight excluding hydrogens is 306 g/mol. The van der Waals surface area contributed by atoms with Gasteiger partial charge in [0, 0.05) is 25.7 Å². The highest BCUT2D eigenvalue weighted by Crippen LogP contribution is 2.16. The molecule has 0 unspecified atom stereocenters. The second kappa shape index (κ2) is 6.83. The standard InChI is InChI=1S/C14H21N3O2S2/c1-16(9-10-17-7-2-3-8-17)21(18,19)13-6-4-5-12(11-13)14(15)20/h4-6,11H,2-3,7-10H2,1H3,(H2,15,20). The number of hydrogen-bond donors (Lipinski definition) is 1. The van der Waals surface area contributed by atoms with Crippen LogP contribution in [0.2, 0.25) is 0 Å². The zero-order chi connectivity index (χ0) is 15.5. The molecule has 0 atom stereocenters. The number of hydrogen-bond acceptors (Lipinski definition) is 4. The molecule has 0 spiro atoms. The van der Waals surface area contributed by atoms with Crippen molar-refractivity contribution in [1.29, 1.82) is 0 Å². The van der Waals surface area contributed by atoms with Crippen LogP contribution in [0.1, 0.15) is 18.4 Å². The van der Waals surface area contributed by atoms with Crippen LogP contribution in [0.15, 0.2) is 29.2 Å². The Morgan fingerprint density at radius 2 is 2.05 bits per heavy atom. The minimum absolute atomic E-state index is 0.201. The van der Waals surface area contributed by atoms with Crippen molar-refractivity contribution in [3.63, 3.8) is 0 Å². The third-order valence-electron chi connectivity index (χ3n) is 3.76. The maximum atomic E-state index is 12.5. The Morgan fingerprint density at radius 1 is 1.38 bits per heavy atom. The molecule has 0 aliphatic carbocycles. The van der Waals surface area contributed by atoms with Gasteiger partial charge in [-0.05, 0) is 38.1 Å². The SMILES string of the molecule is CN(CCN1CCCC1)S(=O)(=O)c1cccc(C(N)=S)c1. The van der Waals surface area contributed by atoms with Crippen LogP contribution in [0.25, 0.3) is 0 Å².